The molecule has 0 saturated carbocycles. The molecule has 3 nitrogen and oxygen atoms in total. The summed E-state index contributed by atoms with van der Waals surface area (Å²) in [5.74, 6) is 0.836. The van der Waals surface area contributed by atoms with Gasteiger partial charge in [-0.25, -0.2) is 0 Å². The van der Waals surface area contributed by atoms with E-state index in [4.69, 9.17) is 4.74 Å². The highest BCUT2D eigenvalue weighted by Crippen LogP contribution is 2.18. The predicted octanol–water partition coefficient (Wildman–Crippen LogP) is 4.14. The van der Waals surface area contributed by atoms with E-state index >= 15 is 0 Å². The molecule has 0 fully saturated rings. The van der Waals surface area contributed by atoms with E-state index in [1.54, 1.807) is 0 Å². The molecule has 23 heavy (non-hydrogen) atoms. The van der Waals surface area contributed by atoms with Gasteiger partial charge in [-0.3, -0.25) is 4.79 Å². The highest BCUT2D eigenvalue weighted by molar-refractivity contribution is 5.94. The Balaban J connectivity index is 1.82. The lowest BCUT2D eigenvalue weighted by Crippen LogP contribution is -2.25. The van der Waals surface area contributed by atoms with E-state index in [9.17, 15) is 4.79 Å². The van der Waals surface area contributed by atoms with Crippen LogP contribution in [-0.4, -0.2) is 18.1 Å². The van der Waals surface area contributed by atoms with Gasteiger partial charge in [-0.2, -0.15) is 0 Å². The summed E-state index contributed by atoms with van der Waals surface area (Å²) in [6, 6.07) is 15.6. The monoisotopic (exact) mass is 311 g/mol. The van der Waals surface area contributed by atoms with Crippen LogP contribution in [0.2, 0.25) is 0 Å². The van der Waals surface area contributed by atoms with Crippen LogP contribution in [0, 0.1) is 6.92 Å². The van der Waals surface area contributed by atoms with Gasteiger partial charge in [-0.1, -0.05) is 29.8 Å². The lowest BCUT2D eigenvalue weighted by atomic mass is 10.1. The Hall–Kier alpha value is -2.29. The fourth-order valence-electron chi connectivity index (χ4n) is 2.21. The maximum atomic E-state index is 12.0. The zero-order valence-corrected chi connectivity index (χ0v) is 14.3. The molecule has 2 rings (SSSR count). The van der Waals surface area contributed by atoms with Gasteiger partial charge in [-0.05, 0) is 63.9 Å². The number of aryl methyl sites for hydroxylation is 1. The molecule has 1 N–H and O–H groups in total. The largest absolute Gasteiger partial charge is 0.488 e. The van der Waals surface area contributed by atoms with E-state index in [1.807, 2.05) is 76.2 Å². The highest BCUT2D eigenvalue weighted by atomic mass is 16.5. The molecule has 1 amide bonds. The summed E-state index contributed by atoms with van der Waals surface area (Å²) < 4.78 is 5.80. The Morgan fingerprint density at radius 1 is 1.00 bits per heavy atom. The van der Waals surface area contributed by atoms with E-state index in [1.165, 1.54) is 5.56 Å². The van der Waals surface area contributed by atoms with Crippen molar-refractivity contribution in [1.82, 2.24) is 5.32 Å². The molecule has 0 unspecified atom stereocenters. The van der Waals surface area contributed by atoms with Crippen LogP contribution in [0.5, 0.6) is 5.75 Å². The number of amides is 1. The summed E-state index contributed by atoms with van der Waals surface area (Å²) in [4.78, 5) is 12.0. The van der Waals surface area contributed by atoms with Gasteiger partial charge in [0.25, 0.3) is 5.91 Å². The number of carbonyl (C=O) groups excluding carboxylic acids is 1. The number of rotatable bonds is 5. The molecule has 2 aromatic rings. The molecule has 0 aliphatic rings. The number of carbonyl (C=O) groups is 1. The zero-order chi connectivity index (χ0) is 16.9. The molecule has 0 atom stereocenters. The van der Waals surface area contributed by atoms with E-state index in [0.717, 1.165) is 17.7 Å². The van der Waals surface area contributed by atoms with E-state index in [0.29, 0.717) is 12.1 Å². The molecule has 0 saturated heterocycles. The third-order valence-corrected chi connectivity index (χ3v) is 3.36. The minimum absolute atomic E-state index is 0.0299. The van der Waals surface area contributed by atoms with Gasteiger partial charge < -0.3 is 10.1 Å². The Morgan fingerprint density at radius 2 is 1.61 bits per heavy atom. The fraction of sp³-hybridized carbons (Fsp3) is 0.350. The van der Waals surface area contributed by atoms with Crippen LogP contribution in [0.1, 0.15) is 42.3 Å². The van der Waals surface area contributed by atoms with Gasteiger partial charge in [0, 0.05) is 12.1 Å². The van der Waals surface area contributed by atoms with Crippen molar-refractivity contribution in [3.63, 3.8) is 0 Å². The van der Waals surface area contributed by atoms with E-state index in [2.05, 4.69) is 5.32 Å². The van der Waals surface area contributed by atoms with Crippen molar-refractivity contribution >= 4 is 5.91 Å². The normalized spacial score (nSPS) is 11.1. The van der Waals surface area contributed by atoms with Crippen molar-refractivity contribution in [2.75, 3.05) is 6.54 Å². The van der Waals surface area contributed by atoms with Crippen molar-refractivity contribution in [3.05, 3.63) is 65.2 Å². The lowest BCUT2D eigenvalue weighted by molar-refractivity contribution is 0.0954. The summed E-state index contributed by atoms with van der Waals surface area (Å²) >= 11 is 0. The molecule has 0 spiro atoms. The van der Waals surface area contributed by atoms with Crippen LogP contribution in [0.3, 0.4) is 0 Å². The standard InChI is InChI=1S/C20H25NO2/c1-15-5-9-17(10-6-15)19(22)21-14-13-16-7-11-18(12-8-16)23-20(2,3)4/h5-12H,13-14H2,1-4H3,(H,21,22). The van der Waals surface area contributed by atoms with Crippen molar-refractivity contribution in [1.29, 1.82) is 0 Å². The minimum atomic E-state index is -0.191. The van der Waals surface area contributed by atoms with E-state index < -0.39 is 0 Å². The van der Waals surface area contributed by atoms with Gasteiger partial charge in [0.15, 0.2) is 0 Å². The summed E-state index contributed by atoms with van der Waals surface area (Å²) in [5.41, 5.74) is 2.84. The molecule has 122 valence electrons. The Labute approximate surface area is 138 Å². The number of benzene rings is 2. The molecule has 0 aliphatic heterocycles. The first-order valence-corrected chi connectivity index (χ1v) is 7.96. The molecule has 2 aromatic carbocycles. The maximum absolute atomic E-state index is 12.0. The average Bonchev–Trinajstić information content (AvgIpc) is 2.48. The number of ether oxygens (including phenoxy) is 1. The van der Waals surface area contributed by atoms with Crippen molar-refractivity contribution in [2.24, 2.45) is 0 Å². The molecule has 0 radical (unpaired) electrons. The molecule has 0 heterocycles. The summed E-state index contributed by atoms with van der Waals surface area (Å²) in [5, 5.41) is 2.95. The van der Waals surface area contributed by atoms with Gasteiger partial charge >= 0.3 is 0 Å². The van der Waals surface area contributed by atoms with Crippen molar-refractivity contribution in [3.8, 4) is 5.75 Å². The van der Waals surface area contributed by atoms with Crippen LogP contribution in [0.25, 0.3) is 0 Å². The molecular weight excluding hydrogens is 286 g/mol. The second-order valence-corrected chi connectivity index (χ2v) is 6.73. The average molecular weight is 311 g/mol. The number of hydrogen-bond donors (Lipinski definition) is 1. The summed E-state index contributed by atoms with van der Waals surface area (Å²) in [7, 11) is 0. The first-order valence-electron chi connectivity index (χ1n) is 7.96. The van der Waals surface area contributed by atoms with Crippen LogP contribution in [0.15, 0.2) is 48.5 Å². The Kier molecular flexibility index (Phi) is 5.43. The summed E-state index contributed by atoms with van der Waals surface area (Å²) in [6.07, 6.45) is 0.799. The lowest BCUT2D eigenvalue weighted by Gasteiger charge is -2.21. The third kappa shape index (κ3) is 5.78. The third-order valence-electron chi connectivity index (χ3n) is 3.36. The first kappa shape index (κ1) is 17.1. The SMILES string of the molecule is Cc1ccc(C(=O)NCCc2ccc(OC(C)(C)C)cc2)cc1. The predicted molar refractivity (Wildman–Crippen MR) is 94.0 cm³/mol. The minimum Gasteiger partial charge on any atom is -0.488 e. The quantitative estimate of drug-likeness (QED) is 0.901. The van der Waals surface area contributed by atoms with Crippen LogP contribution in [-0.2, 0) is 6.42 Å². The zero-order valence-electron chi connectivity index (χ0n) is 14.3. The molecule has 0 aliphatic carbocycles. The van der Waals surface area contributed by atoms with Gasteiger partial charge in [0.05, 0.1) is 0 Å². The molecular formula is C20H25NO2. The highest BCUT2D eigenvalue weighted by Gasteiger charge is 2.11. The van der Waals surface area contributed by atoms with Crippen LogP contribution >= 0.6 is 0 Å². The number of hydrogen-bond acceptors (Lipinski definition) is 2. The second-order valence-electron chi connectivity index (χ2n) is 6.73. The fourth-order valence-corrected chi connectivity index (χ4v) is 2.21. The Bertz CT molecular complexity index is 637. The second kappa shape index (κ2) is 7.32. The molecule has 3 heteroatoms. The van der Waals surface area contributed by atoms with Gasteiger partial charge in [-0.15, -0.1) is 0 Å². The van der Waals surface area contributed by atoms with Gasteiger partial charge in [0.1, 0.15) is 11.4 Å². The Morgan fingerprint density at radius 3 is 2.17 bits per heavy atom. The topological polar surface area (TPSA) is 38.3 Å². The maximum Gasteiger partial charge on any atom is 0.251 e. The van der Waals surface area contributed by atoms with Crippen molar-refractivity contribution < 1.29 is 9.53 Å². The summed E-state index contributed by atoms with van der Waals surface area (Å²) in [6.45, 7) is 8.71. The van der Waals surface area contributed by atoms with Crippen molar-refractivity contribution in [2.45, 2.75) is 39.7 Å². The molecule has 0 bridgehead atoms. The van der Waals surface area contributed by atoms with Crippen LogP contribution < -0.4 is 10.1 Å². The number of nitrogens with one attached hydrogen (secondary N) is 1. The van der Waals surface area contributed by atoms with Gasteiger partial charge in [0.2, 0.25) is 0 Å². The van der Waals surface area contributed by atoms with E-state index in [-0.39, 0.29) is 11.5 Å². The molecule has 0 aromatic heterocycles. The first-order chi connectivity index (χ1) is 10.8. The van der Waals surface area contributed by atoms with Crippen LogP contribution in [0.4, 0.5) is 0 Å². The smallest absolute Gasteiger partial charge is 0.251 e.